The summed E-state index contributed by atoms with van der Waals surface area (Å²) in [5.41, 5.74) is -5.90. The van der Waals surface area contributed by atoms with Gasteiger partial charge in [0.2, 0.25) is 0 Å². The molecular weight excluding hydrogens is 661 g/mol. The van der Waals surface area contributed by atoms with E-state index in [9.17, 15) is 39.0 Å². The van der Waals surface area contributed by atoms with Crippen LogP contribution in [-0.2, 0) is 43.1 Å². The monoisotopic (exact) mass is 709 g/mol. The number of hydrogen-bond donors (Lipinski definition) is 5. The predicted molar refractivity (Wildman–Crippen MR) is 164 cm³/mol. The number of aliphatic carboxylic acids is 2. The third-order valence-electron chi connectivity index (χ3n) is 6.62. The van der Waals surface area contributed by atoms with Gasteiger partial charge in [-0.1, -0.05) is 90.4 Å². The molecule has 44 heavy (non-hydrogen) atoms. The third kappa shape index (κ3) is 22.0. The maximum atomic E-state index is 12.5. The number of carboxylic acids is 2. The molecular formula is C28H49BrNNaO13. The van der Waals surface area contributed by atoms with Crippen LogP contribution < -0.4 is 5.90 Å². The van der Waals surface area contributed by atoms with Crippen LogP contribution in [0.2, 0.25) is 0 Å². The normalized spacial score (nSPS) is 13.2. The van der Waals surface area contributed by atoms with Gasteiger partial charge in [0.15, 0.2) is 11.2 Å². The Labute approximate surface area is 290 Å². The fourth-order valence-corrected chi connectivity index (χ4v) is 4.22. The topological polar surface area (TPSA) is 237 Å². The van der Waals surface area contributed by atoms with Gasteiger partial charge in [-0.15, -0.1) is 17.0 Å². The second kappa shape index (κ2) is 26.6. The molecule has 0 saturated carbocycles. The zero-order chi connectivity index (χ0) is 32.0. The summed E-state index contributed by atoms with van der Waals surface area (Å²) < 4.78 is 9.33. The first-order valence-electron chi connectivity index (χ1n) is 14.5. The SMILES string of the molecule is Br.CCCCCCCCCCCCCCCCOC(=O)C(O)(CC(=O)ON)CC(=O)OC(=O)CC(O)(CC(=O)O)C(=O)O.[NaH]. The van der Waals surface area contributed by atoms with E-state index in [2.05, 4.69) is 16.5 Å². The van der Waals surface area contributed by atoms with E-state index in [0.717, 1.165) is 25.7 Å². The molecule has 0 aliphatic rings. The molecule has 0 heterocycles. The second-order valence-corrected chi connectivity index (χ2v) is 10.5. The van der Waals surface area contributed by atoms with E-state index in [1.54, 1.807) is 0 Å². The fourth-order valence-electron chi connectivity index (χ4n) is 4.22. The molecule has 0 radical (unpaired) electrons. The van der Waals surface area contributed by atoms with Gasteiger partial charge in [0.25, 0.3) is 0 Å². The molecule has 0 rings (SSSR count). The average Bonchev–Trinajstić information content (AvgIpc) is 2.89. The first-order chi connectivity index (χ1) is 19.8. The van der Waals surface area contributed by atoms with Crippen molar-refractivity contribution in [1.82, 2.24) is 0 Å². The number of esters is 3. The van der Waals surface area contributed by atoms with Crippen LogP contribution in [-0.4, -0.2) is 104 Å². The van der Waals surface area contributed by atoms with Crippen LogP contribution in [0.25, 0.3) is 0 Å². The van der Waals surface area contributed by atoms with Crippen molar-refractivity contribution in [2.45, 2.75) is 134 Å². The van der Waals surface area contributed by atoms with Crippen LogP contribution in [0.4, 0.5) is 0 Å². The van der Waals surface area contributed by atoms with E-state index in [-0.39, 0.29) is 53.1 Å². The van der Waals surface area contributed by atoms with Crippen molar-refractivity contribution in [1.29, 1.82) is 0 Å². The molecule has 0 aromatic carbocycles. The summed E-state index contributed by atoms with van der Waals surface area (Å²) in [5, 5.41) is 38.3. The zero-order valence-corrected chi connectivity index (χ0v) is 26.6. The Bertz CT molecular complexity index is 892. The van der Waals surface area contributed by atoms with Gasteiger partial charge >= 0.3 is 65.4 Å². The third-order valence-corrected chi connectivity index (χ3v) is 6.62. The predicted octanol–water partition coefficient (Wildman–Crippen LogP) is 2.62. The molecule has 2 unspecified atom stereocenters. The zero-order valence-electron chi connectivity index (χ0n) is 24.9. The number of ether oxygens (including phenoxy) is 2. The van der Waals surface area contributed by atoms with Crippen LogP contribution >= 0.6 is 17.0 Å². The van der Waals surface area contributed by atoms with Gasteiger partial charge in [-0.25, -0.2) is 9.59 Å². The van der Waals surface area contributed by atoms with Crippen LogP contribution in [0.1, 0.15) is 122 Å². The Morgan fingerprint density at radius 1 is 0.614 bits per heavy atom. The summed E-state index contributed by atoms with van der Waals surface area (Å²) in [6.45, 7) is 2.09. The average molecular weight is 711 g/mol. The molecule has 0 saturated heterocycles. The van der Waals surface area contributed by atoms with Crippen molar-refractivity contribution in [3.63, 3.8) is 0 Å². The van der Waals surface area contributed by atoms with E-state index >= 15 is 0 Å². The van der Waals surface area contributed by atoms with Gasteiger partial charge in [0.1, 0.15) is 0 Å². The number of carbonyl (C=O) groups is 6. The minimum absolute atomic E-state index is 0. The molecule has 0 bridgehead atoms. The molecule has 0 aliphatic carbocycles. The molecule has 0 aromatic heterocycles. The Balaban J connectivity index is -0.00000840. The van der Waals surface area contributed by atoms with E-state index in [4.69, 9.17) is 20.8 Å². The number of aliphatic hydroxyl groups is 2. The molecule has 16 heteroatoms. The van der Waals surface area contributed by atoms with Crippen molar-refractivity contribution in [2.75, 3.05) is 6.61 Å². The van der Waals surface area contributed by atoms with Crippen molar-refractivity contribution in [2.24, 2.45) is 5.90 Å². The summed E-state index contributed by atoms with van der Waals surface area (Å²) in [4.78, 5) is 74.2. The number of nitrogens with two attached hydrogens (primary N) is 1. The van der Waals surface area contributed by atoms with Gasteiger partial charge in [-0.2, -0.15) is 5.90 Å². The van der Waals surface area contributed by atoms with Crippen LogP contribution in [0.3, 0.4) is 0 Å². The van der Waals surface area contributed by atoms with E-state index in [1.165, 1.54) is 57.8 Å². The number of carboxylic acid groups (broad SMARTS) is 2. The van der Waals surface area contributed by atoms with Gasteiger partial charge in [0, 0.05) is 0 Å². The maximum absolute atomic E-state index is 12.5. The first-order valence-corrected chi connectivity index (χ1v) is 14.5. The van der Waals surface area contributed by atoms with E-state index in [0.29, 0.717) is 6.42 Å². The van der Waals surface area contributed by atoms with Gasteiger partial charge in [0.05, 0.1) is 32.3 Å². The van der Waals surface area contributed by atoms with Crippen molar-refractivity contribution >= 4 is 82.4 Å². The van der Waals surface area contributed by atoms with Crippen molar-refractivity contribution < 1.29 is 63.5 Å². The van der Waals surface area contributed by atoms with Crippen molar-refractivity contribution in [3.05, 3.63) is 0 Å². The summed E-state index contributed by atoms with van der Waals surface area (Å²) in [5.74, 6) is -4.93. The molecule has 2 atom stereocenters. The Morgan fingerprint density at radius 3 is 1.39 bits per heavy atom. The molecule has 0 fully saturated rings. The number of unbranched alkanes of at least 4 members (excludes halogenated alkanes) is 13. The first kappa shape index (κ1) is 46.8. The summed E-state index contributed by atoms with van der Waals surface area (Å²) in [6, 6.07) is 0. The standard InChI is InChI=1S/C28H47NO13.BrH.Na.H/c1-2-3-4-5-6-7-8-9-10-11-12-13-14-15-16-40-26(37)28(39,20-24(34)42-29)19-23(33)41-22(32)18-27(38,25(35)36)17-21(30)31;;;/h38-39H,2-20,29H2,1H3,(H,30,31)(H,35,36);1H;;. The van der Waals surface area contributed by atoms with Gasteiger partial charge < -0.3 is 34.7 Å². The quantitative estimate of drug-likeness (QED) is 0.0301. The number of hydrogen-bond acceptors (Lipinski definition) is 12. The Kier molecular flexibility index (Phi) is 28.3. The minimum atomic E-state index is -3.07. The van der Waals surface area contributed by atoms with Crippen LogP contribution in [0.15, 0.2) is 0 Å². The second-order valence-electron chi connectivity index (χ2n) is 10.5. The Hall–Kier alpha value is -1.62. The molecule has 0 spiro atoms. The van der Waals surface area contributed by atoms with Crippen LogP contribution in [0.5, 0.6) is 0 Å². The van der Waals surface area contributed by atoms with E-state index < -0.39 is 72.7 Å². The van der Waals surface area contributed by atoms with Crippen molar-refractivity contribution in [3.8, 4) is 0 Å². The summed E-state index contributed by atoms with van der Waals surface area (Å²) in [7, 11) is 0. The molecule has 0 aliphatic heterocycles. The molecule has 252 valence electrons. The number of halogens is 1. The molecule has 14 nitrogen and oxygen atoms in total. The number of rotatable bonds is 25. The number of carbonyl (C=O) groups excluding carboxylic acids is 4. The Morgan fingerprint density at radius 2 is 1.00 bits per heavy atom. The van der Waals surface area contributed by atoms with Crippen LogP contribution in [0, 0.1) is 0 Å². The van der Waals surface area contributed by atoms with E-state index in [1.807, 2.05) is 0 Å². The summed E-state index contributed by atoms with van der Waals surface area (Å²) >= 11 is 0. The van der Waals surface area contributed by atoms with Gasteiger partial charge in [-0.3, -0.25) is 19.2 Å². The summed E-state index contributed by atoms with van der Waals surface area (Å²) in [6.07, 6.45) is 10.5. The molecule has 0 aromatic rings. The van der Waals surface area contributed by atoms with Gasteiger partial charge in [-0.05, 0) is 6.42 Å². The molecule has 0 amide bonds. The molecule has 6 N–H and O–H groups in total. The fraction of sp³-hybridized carbons (Fsp3) is 0.786.